The highest BCUT2D eigenvalue weighted by molar-refractivity contribution is 5.92. The van der Waals surface area contributed by atoms with E-state index in [1.54, 1.807) is 12.3 Å². The summed E-state index contributed by atoms with van der Waals surface area (Å²) in [7, 11) is 0. The lowest BCUT2D eigenvalue weighted by Crippen LogP contribution is -2.23. The van der Waals surface area contributed by atoms with Gasteiger partial charge in [-0.1, -0.05) is 0 Å². The van der Waals surface area contributed by atoms with Crippen LogP contribution in [-0.2, 0) is 11.3 Å². The van der Waals surface area contributed by atoms with Crippen LogP contribution < -0.4 is 5.32 Å². The van der Waals surface area contributed by atoms with Crippen molar-refractivity contribution in [2.75, 3.05) is 13.2 Å². The van der Waals surface area contributed by atoms with E-state index in [9.17, 15) is 4.79 Å². The smallest absolute Gasteiger partial charge is 0.269 e. The number of rotatable bonds is 5. The maximum absolute atomic E-state index is 11.5. The van der Waals surface area contributed by atoms with Gasteiger partial charge in [0.25, 0.3) is 5.91 Å². The van der Waals surface area contributed by atoms with Crippen LogP contribution in [0.5, 0.6) is 0 Å². The molecular formula is C11H16N2O2. The zero-order valence-corrected chi connectivity index (χ0v) is 9.12. The van der Waals surface area contributed by atoms with E-state index in [2.05, 4.69) is 10.3 Å². The second-order valence-corrected chi connectivity index (χ2v) is 3.05. The van der Waals surface area contributed by atoms with E-state index in [0.717, 1.165) is 5.56 Å². The molecular weight excluding hydrogens is 192 g/mol. The second-order valence-electron chi connectivity index (χ2n) is 3.05. The molecule has 1 aromatic heterocycles. The Morgan fingerprint density at radius 1 is 1.53 bits per heavy atom. The number of carbonyl (C=O) groups excluding carboxylic acids is 1. The number of carbonyl (C=O) groups is 1. The summed E-state index contributed by atoms with van der Waals surface area (Å²) in [5.74, 6) is -0.143. The number of hydrogen-bond acceptors (Lipinski definition) is 3. The van der Waals surface area contributed by atoms with E-state index < -0.39 is 0 Å². The van der Waals surface area contributed by atoms with Gasteiger partial charge in [0.15, 0.2) is 0 Å². The molecule has 1 N–H and O–H groups in total. The Morgan fingerprint density at radius 3 is 3.00 bits per heavy atom. The van der Waals surface area contributed by atoms with Crippen molar-refractivity contribution < 1.29 is 9.53 Å². The van der Waals surface area contributed by atoms with Gasteiger partial charge in [-0.15, -0.1) is 0 Å². The number of nitrogens with one attached hydrogen (secondary N) is 1. The third-order valence-corrected chi connectivity index (χ3v) is 1.87. The summed E-state index contributed by atoms with van der Waals surface area (Å²) in [5.41, 5.74) is 1.40. The average Bonchev–Trinajstić information content (AvgIpc) is 2.27. The summed E-state index contributed by atoms with van der Waals surface area (Å²) in [6.45, 7) is 5.61. The average molecular weight is 208 g/mol. The van der Waals surface area contributed by atoms with Crippen LogP contribution in [0.4, 0.5) is 0 Å². The first kappa shape index (κ1) is 11.7. The maximum atomic E-state index is 11.5. The van der Waals surface area contributed by atoms with Crippen molar-refractivity contribution >= 4 is 5.91 Å². The normalized spacial score (nSPS) is 10.0. The van der Waals surface area contributed by atoms with Crippen molar-refractivity contribution in [2.45, 2.75) is 20.5 Å². The molecule has 0 aliphatic rings. The maximum Gasteiger partial charge on any atom is 0.269 e. The lowest BCUT2D eigenvalue weighted by Gasteiger charge is -2.04. The van der Waals surface area contributed by atoms with E-state index in [4.69, 9.17) is 4.74 Å². The lowest BCUT2D eigenvalue weighted by molar-refractivity contribution is 0.0950. The first-order valence-corrected chi connectivity index (χ1v) is 5.08. The quantitative estimate of drug-likeness (QED) is 0.795. The van der Waals surface area contributed by atoms with Crippen LogP contribution in [0.3, 0.4) is 0 Å². The molecule has 1 amide bonds. The molecule has 0 radical (unpaired) electrons. The molecule has 4 nitrogen and oxygen atoms in total. The second kappa shape index (κ2) is 6.14. The van der Waals surface area contributed by atoms with Crippen LogP contribution in [0, 0.1) is 0 Å². The fourth-order valence-corrected chi connectivity index (χ4v) is 1.16. The van der Waals surface area contributed by atoms with E-state index >= 15 is 0 Å². The summed E-state index contributed by atoms with van der Waals surface area (Å²) in [6.07, 6.45) is 1.62. The van der Waals surface area contributed by atoms with Gasteiger partial charge in [-0.25, -0.2) is 0 Å². The van der Waals surface area contributed by atoms with Crippen molar-refractivity contribution in [3.05, 3.63) is 29.6 Å². The highest BCUT2D eigenvalue weighted by Gasteiger charge is 2.05. The van der Waals surface area contributed by atoms with Gasteiger partial charge in [-0.2, -0.15) is 0 Å². The van der Waals surface area contributed by atoms with Crippen LogP contribution in [0.15, 0.2) is 18.3 Å². The largest absolute Gasteiger partial charge is 0.377 e. The van der Waals surface area contributed by atoms with Crippen LogP contribution in [0.1, 0.15) is 29.9 Å². The van der Waals surface area contributed by atoms with Gasteiger partial charge >= 0.3 is 0 Å². The molecule has 0 atom stereocenters. The first-order valence-electron chi connectivity index (χ1n) is 5.08. The highest BCUT2D eigenvalue weighted by atomic mass is 16.5. The van der Waals surface area contributed by atoms with Crippen LogP contribution in [0.2, 0.25) is 0 Å². The van der Waals surface area contributed by atoms with Gasteiger partial charge in [0, 0.05) is 19.3 Å². The molecule has 0 fully saturated rings. The Bertz CT molecular complexity index is 326. The molecule has 0 aliphatic carbocycles. The van der Waals surface area contributed by atoms with Gasteiger partial charge in [-0.3, -0.25) is 9.78 Å². The molecule has 15 heavy (non-hydrogen) atoms. The number of aromatic nitrogens is 1. The molecule has 0 aliphatic heterocycles. The van der Waals surface area contributed by atoms with Gasteiger partial charge in [0.2, 0.25) is 0 Å². The highest BCUT2D eigenvalue weighted by Crippen LogP contribution is 2.03. The minimum absolute atomic E-state index is 0.143. The number of pyridine rings is 1. The van der Waals surface area contributed by atoms with E-state index in [1.165, 1.54) is 0 Å². The molecule has 0 saturated carbocycles. The molecule has 1 heterocycles. The lowest BCUT2D eigenvalue weighted by atomic mass is 10.2. The molecule has 4 heteroatoms. The minimum Gasteiger partial charge on any atom is -0.377 e. The summed E-state index contributed by atoms with van der Waals surface area (Å²) < 4.78 is 5.25. The Morgan fingerprint density at radius 2 is 2.33 bits per heavy atom. The van der Waals surface area contributed by atoms with Crippen LogP contribution in [-0.4, -0.2) is 24.0 Å². The Balaban J connectivity index is 2.69. The van der Waals surface area contributed by atoms with Crippen molar-refractivity contribution in [3.8, 4) is 0 Å². The Kier molecular flexibility index (Phi) is 4.77. The topological polar surface area (TPSA) is 51.2 Å². The van der Waals surface area contributed by atoms with Crippen LogP contribution >= 0.6 is 0 Å². The van der Waals surface area contributed by atoms with Crippen molar-refractivity contribution in [1.29, 1.82) is 0 Å². The SMILES string of the molecule is CCNC(=O)c1cc(COCC)ccn1. The molecule has 82 valence electrons. The summed E-state index contributed by atoms with van der Waals surface area (Å²) in [4.78, 5) is 15.5. The molecule has 0 saturated heterocycles. The number of hydrogen-bond donors (Lipinski definition) is 1. The summed E-state index contributed by atoms with van der Waals surface area (Å²) in [5, 5.41) is 2.70. The van der Waals surface area contributed by atoms with Crippen LogP contribution in [0.25, 0.3) is 0 Å². The molecule has 0 aromatic carbocycles. The van der Waals surface area contributed by atoms with E-state index in [-0.39, 0.29) is 5.91 Å². The molecule has 0 unspecified atom stereocenters. The third-order valence-electron chi connectivity index (χ3n) is 1.87. The third kappa shape index (κ3) is 3.67. The van der Waals surface area contributed by atoms with Gasteiger partial charge in [0.1, 0.15) is 5.69 Å². The van der Waals surface area contributed by atoms with Gasteiger partial charge < -0.3 is 10.1 Å². The fourth-order valence-electron chi connectivity index (χ4n) is 1.16. The zero-order valence-electron chi connectivity index (χ0n) is 9.12. The Hall–Kier alpha value is -1.42. The first-order chi connectivity index (χ1) is 7.27. The van der Waals surface area contributed by atoms with Crippen molar-refractivity contribution in [3.63, 3.8) is 0 Å². The summed E-state index contributed by atoms with van der Waals surface area (Å²) >= 11 is 0. The predicted molar refractivity (Wildman–Crippen MR) is 57.6 cm³/mol. The zero-order chi connectivity index (χ0) is 11.1. The van der Waals surface area contributed by atoms with Crippen molar-refractivity contribution in [1.82, 2.24) is 10.3 Å². The fraction of sp³-hybridized carbons (Fsp3) is 0.455. The Labute approximate surface area is 89.7 Å². The van der Waals surface area contributed by atoms with Gasteiger partial charge in [0.05, 0.1) is 6.61 Å². The van der Waals surface area contributed by atoms with E-state index in [0.29, 0.717) is 25.5 Å². The molecule has 0 spiro atoms. The van der Waals surface area contributed by atoms with E-state index in [1.807, 2.05) is 19.9 Å². The molecule has 1 rings (SSSR count). The van der Waals surface area contributed by atoms with Crippen molar-refractivity contribution in [2.24, 2.45) is 0 Å². The molecule has 0 bridgehead atoms. The number of amides is 1. The molecule has 1 aromatic rings. The predicted octanol–water partition coefficient (Wildman–Crippen LogP) is 1.37. The number of ether oxygens (including phenoxy) is 1. The van der Waals surface area contributed by atoms with Gasteiger partial charge in [-0.05, 0) is 31.5 Å². The summed E-state index contributed by atoms with van der Waals surface area (Å²) in [6, 6.07) is 3.60. The monoisotopic (exact) mass is 208 g/mol. The minimum atomic E-state index is -0.143. The number of nitrogens with zero attached hydrogens (tertiary/aromatic N) is 1. The standard InChI is InChI=1S/C11H16N2O2/c1-3-12-11(14)10-7-9(5-6-13-10)8-15-4-2/h5-7H,3-4,8H2,1-2H3,(H,12,14).